The number of benzene rings is 1. The van der Waals surface area contributed by atoms with Gasteiger partial charge in [0.05, 0.1) is 6.04 Å². The topological polar surface area (TPSA) is 72.3 Å². The third kappa shape index (κ3) is 2.65. The van der Waals surface area contributed by atoms with Crippen molar-refractivity contribution in [2.24, 2.45) is 11.6 Å². The molecule has 0 saturated heterocycles. The first-order chi connectivity index (χ1) is 8.08. The summed E-state index contributed by atoms with van der Waals surface area (Å²) in [5.41, 5.74) is 9.78. The molecule has 0 aromatic heterocycles. The molecule has 1 aromatic carbocycles. The minimum atomic E-state index is -0.551. The lowest BCUT2D eigenvalue weighted by Crippen LogP contribution is -2.46. The second-order valence-electron chi connectivity index (χ2n) is 4.72. The summed E-state index contributed by atoms with van der Waals surface area (Å²) in [5.74, 6) is 5.15. The van der Waals surface area contributed by atoms with Gasteiger partial charge in [0.1, 0.15) is 0 Å². The number of hydrazine groups is 1. The van der Waals surface area contributed by atoms with E-state index in [1.54, 1.807) is 0 Å². The minimum absolute atomic E-state index is 0.231. The molecule has 4 nitrogen and oxygen atoms in total. The molecule has 4 N–H and O–H groups in total. The number of nitrogens with zero attached hydrogens (tertiary/aromatic N) is 1. The molecule has 2 rings (SSSR count). The predicted octanol–water partition coefficient (Wildman–Crippen LogP) is 0.377. The highest BCUT2D eigenvalue weighted by atomic mass is 16.2. The molecule has 1 aromatic rings. The van der Waals surface area contributed by atoms with Crippen LogP contribution in [0.3, 0.4) is 0 Å². The standard InChI is InChI=1S/C13H19N3O/c1-16(15)13(17)12(14)8-9-5-6-10-3-2-4-11(10)7-9/h5-7,12H,2-4,8,14-15H2,1H3. The summed E-state index contributed by atoms with van der Waals surface area (Å²) < 4.78 is 0. The van der Waals surface area contributed by atoms with Crippen LogP contribution < -0.4 is 11.6 Å². The molecule has 1 atom stereocenters. The van der Waals surface area contributed by atoms with E-state index in [1.807, 2.05) is 0 Å². The Morgan fingerprint density at radius 1 is 1.41 bits per heavy atom. The lowest BCUT2D eigenvalue weighted by Gasteiger charge is -2.16. The largest absolute Gasteiger partial charge is 0.320 e. The fraction of sp³-hybridized carbons (Fsp3) is 0.462. The molecule has 0 radical (unpaired) electrons. The number of carbonyl (C=O) groups excluding carboxylic acids is 1. The predicted molar refractivity (Wildman–Crippen MR) is 67.1 cm³/mol. The van der Waals surface area contributed by atoms with Gasteiger partial charge in [-0.05, 0) is 42.4 Å². The van der Waals surface area contributed by atoms with Crippen LogP contribution >= 0.6 is 0 Å². The van der Waals surface area contributed by atoms with E-state index in [4.69, 9.17) is 11.6 Å². The Morgan fingerprint density at radius 3 is 2.82 bits per heavy atom. The van der Waals surface area contributed by atoms with Crippen molar-refractivity contribution in [2.45, 2.75) is 31.7 Å². The van der Waals surface area contributed by atoms with Crippen LogP contribution in [0.4, 0.5) is 0 Å². The van der Waals surface area contributed by atoms with Gasteiger partial charge < -0.3 is 5.73 Å². The summed E-state index contributed by atoms with van der Waals surface area (Å²) >= 11 is 0. The number of nitrogens with two attached hydrogens (primary N) is 2. The third-order valence-electron chi connectivity index (χ3n) is 3.28. The van der Waals surface area contributed by atoms with Gasteiger partial charge in [-0.3, -0.25) is 9.80 Å². The van der Waals surface area contributed by atoms with Gasteiger partial charge in [0.25, 0.3) is 5.91 Å². The van der Waals surface area contributed by atoms with Gasteiger partial charge in [0, 0.05) is 7.05 Å². The normalized spacial score (nSPS) is 15.5. The van der Waals surface area contributed by atoms with Crippen LogP contribution in [-0.4, -0.2) is 24.0 Å². The van der Waals surface area contributed by atoms with E-state index >= 15 is 0 Å². The van der Waals surface area contributed by atoms with E-state index < -0.39 is 6.04 Å². The number of fused-ring (bicyclic) bond motifs is 1. The van der Waals surface area contributed by atoms with Gasteiger partial charge in [0.2, 0.25) is 0 Å². The Hall–Kier alpha value is -1.39. The van der Waals surface area contributed by atoms with Crippen molar-refractivity contribution in [3.63, 3.8) is 0 Å². The van der Waals surface area contributed by atoms with Crippen molar-refractivity contribution in [3.05, 3.63) is 34.9 Å². The van der Waals surface area contributed by atoms with E-state index in [0.29, 0.717) is 6.42 Å². The molecule has 0 aliphatic heterocycles. The maximum absolute atomic E-state index is 11.6. The summed E-state index contributed by atoms with van der Waals surface area (Å²) in [6.07, 6.45) is 4.10. The summed E-state index contributed by atoms with van der Waals surface area (Å²) in [5, 5.41) is 1.05. The summed E-state index contributed by atoms with van der Waals surface area (Å²) in [6, 6.07) is 5.84. The first-order valence-electron chi connectivity index (χ1n) is 5.96. The van der Waals surface area contributed by atoms with Gasteiger partial charge in [-0.2, -0.15) is 0 Å². The van der Waals surface area contributed by atoms with Crippen LogP contribution in [0.5, 0.6) is 0 Å². The van der Waals surface area contributed by atoms with Gasteiger partial charge in [-0.25, -0.2) is 5.84 Å². The average Bonchev–Trinajstić information content (AvgIpc) is 2.74. The number of amides is 1. The Kier molecular flexibility index (Phi) is 3.45. The van der Waals surface area contributed by atoms with Crippen LogP contribution in [0.2, 0.25) is 0 Å². The van der Waals surface area contributed by atoms with Gasteiger partial charge >= 0.3 is 0 Å². The van der Waals surface area contributed by atoms with Crippen molar-refractivity contribution < 1.29 is 4.79 Å². The summed E-state index contributed by atoms with van der Waals surface area (Å²) in [6.45, 7) is 0. The summed E-state index contributed by atoms with van der Waals surface area (Å²) in [4.78, 5) is 11.6. The number of likely N-dealkylation sites (N-methyl/N-ethyl adjacent to an activating group) is 1. The maximum atomic E-state index is 11.6. The molecular weight excluding hydrogens is 214 g/mol. The Morgan fingerprint density at radius 2 is 2.12 bits per heavy atom. The van der Waals surface area contributed by atoms with Crippen LogP contribution in [0, 0.1) is 0 Å². The number of aryl methyl sites for hydroxylation is 2. The molecular formula is C13H19N3O. The first kappa shape index (κ1) is 12.1. The molecule has 0 fully saturated rings. The zero-order valence-electron chi connectivity index (χ0n) is 10.1. The van der Waals surface area contributed by atoms with E-state index in [-0.39, 0.29) is 5.91 Å². The zero-order chi connectivity index (χ0) is 12.4. The molecule has 92 valence electrons. The lowest BCUT2D eigenvalue weighted by molar-refractivity contribution is -0.131. The summed E-state index contributed by atoms with van der Waals surface area (Å²) in [7, 11) is 1.52. The van der Waals surface area contributed by atoms with Gasteiger partial charge in [-0.15, -0.1) is 0 Å². The van der Waals surface area contributed by atoms with Crippen LogP contribution in [0.25, 0.3) is 0 Å². The number of hydrogen-bond acceptors (Lipinski definition) is 3. The van der Waals surface area contributed by atoms with Crippen LogP contribution in [0.1, 0.15) is 23.1 Å². The van der Waals surface area contributed by atoms with Gasteiger partial charge in [-0.1, -0.05) is 18.2 Å². The highest BCUT2D eigenvalue weighted by Crippen LogP contribution is 2.23. The van der Waals surface area contributed by atoms with E-state index in [1.165, 1.54) is 31.0 Å². The van der Waals surface area contributed by atoms with Crippen molar-refractivity contribution in [1.82, 2.24) is 5.01 Å². The number of hydrogen-bond donors (Lipinski definition) is 2. The number of rotatable bonds is 3. The highest BCUT2D eigenvalue weighted by molar-refractivity contribution is 5.81. The van der Waals surface area contributed by atoms with Crippen LogP contribution in [0.15, 0.2) is 18.2 Å². The maximum Gasteiger partial charge on any atom is 0.253 e. The van der Waals surface area contributed by atoms with E-state index in [0.717, 1.165) is 17.0 Å². The molecule has 1 unspecified atom stereocenters. The molecule has 0 spiro atoms. The van der Waals surface area contributed by atoms with Crippen molar-refractivity contribution >= 4 is 5.91 Å². The second kappa shape index (κ2) is 4.85. The zero-order valence-corrected chi connectivity index (χ0v) is 10.1. The first-order valence-corrected chi connectivity index (χ1v) is 5.96. The molecule has 0 saturated carbocycles. The average molecular weight is 233 g/mol. The molecule has 0 bridgehead atoms. The Bertz CT molecular complexity index is 429. The molecule has 17 heavy (non-hydrogen) atoms. The van der Waals surface area contributed by atoms with Crippen LogP contribution in [-0.2, 0) is 24.1 Å². The smallest absolute Gasteiger partial charge is 0.253 e. The second-order valence-corrected chi connectivity index (χ2v) is 4.72. The lowest BCUT2D eigenvalue weighted by atomic mass is 10.0. The monoisotopic (exact) mass is 233 g/mol. The Labute approximate surface area is 102 Å². The van der Waals surface area contributed by atoms with Gasteiger partial charge in [0.15, 0.2) is 0 Å². The van der Waals surface area contributed by atoms with Crippen molar-refractivity contribution in [3.8, 4) is 0 Å². The minimum Gasteiger partial charge on any atom is -0.320 e. The molecule has 1 aliphatic carbocycles. The van der Waals surface area contributed by atoms with E-state index in [9.17, 15) is 4.79 Å². The fourth-order valence-electron chi connectivity index (χ4n) is 2.35. The third-order valence-corrected chi connectivity index (χ3v) is 3.28. The fourth-order valence-corrected chi connectivity index (χ4v) is 2.35. The molecule has 4 heteroatoms. The Balaban J connectivity index is 2.06. The molecule has 0 heterocycles. The molecule has 1 aliphatic rings. The quantitative estimate of drug-likeness (QED) is 0.450. The molecule has 1 amide bonds. The van der Waals surface area contributed by atoms with E-state index in [2.05, 4.69) is 18.2 Å². The highest BCUT2D eigenvalue weighted by Gasteiger charge is 2.17. The SMILES string of the molecule is CN(N)C(=O)C(N)Cc1ccc2c(c1)CCC2. The number of carbonyl (C=O) groups is 1. The van der Waals surface area contributed by atoms with Crippen molar-refractivity contribution in [2.75, 3.05) is 7.05 Å². The van der Waals surface area contributed by atoms with Crippen molar-refractivity contribution in [1.29, 1.82) is 0 Å².